The molecule has 5 nitrogen and oxygen atoms in total. The van der Waals surface area contributed by atoms with Gasteiger partial charge in [0.2, 0.25) is 10.0 Å². The molecule has 0 aromatic carbocycles. The van der Waals surface area contributed by atoms with Crippen molar-refractivity contribution in [2.24, 2.45) is 0 Å². The van der Waals surface area contributed by atoms with E-state index in [-0.39, 0.29) is 5.75 Å². The second kappa shape index (κ2) is 8.16. The number of sulfonamides is 1. The van der Waals surface area contributed by atoms with Crippen LogP contribution in [0.25, 0.3) is 0 Å². The van der Waals surface area contributed by atoms with Crippen LogP contribution in [0.3, 0.4) is 0 Å². The standard InChI is InChI=1S/C8H20N2O3S/c1-9-5-3-4-8-14(11,12)10-6-7-13-2/h9-10H,3-8H2,1-2H3. The first kappa shape index (κ1) is 13.8. The Balaban J connectivity index is 3.52. The Labute approximate surface area is 86.3 Å². The summed E-state index contributed by atoms with van der Waals surface area (Å²) in [5.41, 5.74) is 0. The molecule has 14 heavy (non-hydrogen) atoms. The van der Waals surface area contributed by atoms with Crippen LogP contribution < -0.4 is 10.0 Å². The zero-order chi connectivity index (χ0) is 10.9. The van der Waals surface area contributed by atoms with E-state index in [0.29, 0.717) is 19.6 Å². The van der Waals surface area contributed by atoms with Crippen LogP contribution in [0.2, 0.25) is 0 Å². The van der Waals surface area contributed by atoms with E-state index in [1.165, 1.54) is 0 Å². The third kappa shape index (κ3) is 8.43. The van der Waals surface area contributed by atoms with Gasteiger partial charge in [0.05, 0.1) is 12.4 Å². The van der Waals surface area contributed by atoms with Crippen molar-refractivity contribution in [2.75, 3.05) is 39.6 Å². The zero-order valence-corrected chi connectivity index (χ0v) is 9.69. The van der Waals surface area contributed by atoms with Gasteiger partial charge in [0.15, 0.2) is 0 Å². The highest BCUT2D eigenvalue weighted by Gasteiger charge is 2.07. The summed E-state index contributed by atoms with van der Waals surface area (Å²) in [6, 6.07) is 0. The maximum absolute atomic E-state index is 11.3. The molecule has 0 saturated carbocycles. The molecule has 0 atom stereocenters. The van der Waals surface area contributed by atoms with E-state index in [0.717, 1.165) is 13.0 Å². The molecule has 6 heteroatoms. The molecule has 86 valence electrons. The van der Waals surface area contributed by atoms with Crippen LogP contribution in [0.5, 0.6) is 0 Å². The van der Waals surface area contributed by atoms with Gasteiger partial charge in [0.1, 0.15) is 0 Å². The lowest BCUT2D eigenvalue weighted by atomic mass is 10.3. The van der Waals surface area contributed by atoms with Gasteiger partial charge < -0.3 is 10.1 Å². The van der Waals surface area contributed by atoms with Crippen LogP contribution in [0.1, 0.15) is 12.8 Å². The Morgan fingerprint density at radius 1 is 1.21 bits per heavy atom. The summed E-state index contributed by atoms with van der Waals surface area (Å²) >= 11 is 0. The molecular formula is C8H20N2O3S. The molecule has 0 aliphatic carbocycles. The molecule has 0 aliphatic rings. The highest BCUT2D eigenvalue weighted by Crippen LogP contribution is 1.93. The molecule has 0 radical (unpaired) electrons. The second-order valence-electron chi connectivity index (χ2n) is 3.02. The normalized spacial score (nSPS) is 11.9. The van der Waals surface area contributed by atoms with Crippen LogP contribution in [0.4, 0.5) is 0 Å². The third-order valence-corrected chi connectivity index (χ3v) is 3.19. The van der Waals surface area contributed by atoms with E-state index >= 15 is 0 Å². The number of rotatable bonds is 9. The van der Waals surface area contributed by atoms with Crippen molar-refractivity contribution in [1.82, 2.24) is 10.0 Å². The van der Waals surface area contributed by atoms with Gasteiger partial charge in [-0.05, 0) is 26.4 Å². The average molecular weight is 224 g/mol. The molecule has 0 amide bonds. The lowest BCUT2D eigenvalue weighted by Gasteiger charge is -2.05. The lowest BCUT2D eigenvalue weighted by Crippen LogP contribution is -2.29. The summed E-state index contributed by atoms with van der Waals surface area (Å²) in [5, 5.41) is 2.97. The lowest BCUT2D eigenvalue weighted by molar-refractivity contribution is 0.204. The molecular weight excluding hydrogens is 204 g/mol. The fourth-order valence-corrected chi connectivity index (χ4v) is 2.09. The summed E-state index contributed by atoms with van der Waals surface area (Å²) in [6.07, 6.45) is 1.56. The van der Waals surface area contributed by atoms with E-state index in [2.05, 4.69) is 10.0 Å². The SMILES string of the molecule is CNCCCCS(=O)(=O)NCCOC. The quantitative estimate of drug-likeness (QED) is 0.521. The van der Waals surface area contributed by atoms with Crippen LogP contribution in [0, 0.1) is 0 Å². The number of nitrogens with one attached hydrogen (secondary N) is 2. The van der Waals surface area contributed by atoms with E-state index in [9.17, 15) is 8.42 Å². The Kier molecular flexibility index (Phi) is 8.07. The number of ether oxygens (including phenoxy) is 1. The third-order valence-electron chi connectivity index (χ3n) is 1.72. The predicted molar refractivity (Wildman–Crippen MR) is 56.8 cm³/mol. The van der Waals surface area contributed by atoms with Gasteiger partial charge in [-0.2, -0.15) is 0 Å². The Bertz CT molecular complexity index is 217. The largest absolute Gasteiger partial charge is 0.383 e. The van der Waals surface area contributed by atoms with Crippen molar-refractivity contribution in [2.45, 2.75) is 12.8 Å². The molecule has 0 unspecified atom stereocenters. The predicted octanol–water partition coefficient (Wildman–Crippen LogP) is -0.448. The Hall–Kier alpha value is -0.170. The van der Waals surface area contributed by atoms with Gasteiger partial charge in [-0.15, -0.1) is 0 Å². The van der Waals surface area contributed by atoms with E-state index < -0.39 is 10.0 Å². The van der Waals surface area contributed by atoms with Gasteiger partial charge in [-0.25, -0.2) is 13.1 Å². The van der Waals surface area contributed by atoms with Gasteiger partial charge in [0.25, 0.3) is 0 Å². The summed E-state index contributed by atoms with van der Waals surface area (Å²) in [7, 11) is 0.303. The fraction of sp³-hybridized carbons (Fsp3) is 1.00. The topological polar surface area (TPSA) is 67.4 Å². The highest BCUT2D eigenvalue weighted by molar-refractivity contribution is 7.89. The molecule has 0 spiro atoms. The molecule has 0 heterocycles. The zero-order valence-electron chi connectivity index (χ0n) is 8.88. The molecule has 2 N–H and O–H groups in total. The van der Waals surface area contributed by atoms with Crippen molar-refractivity contribution in [1.29, 1.82) is 0 Å². The fourth-order valence-electron chi connectivity index (χ4n) is 0.965. The van der Waals surface area contributed by atoms with E-state index in [1.807, 2.05) is 7.05 Å². The first-order valence-corrected chi connectivity index (χ1v) is 6.38. The molecule has 0 fully saturated rings. The molecule has 0 saturated heterocycles. The summed E-state index contributed by atoms with van der Waals surface area (Å²) in [5.74, 6) is 0.193. The van der Waals surface area contributed by atoms with Crippen LogP contribution >= 0.6 is 0 Å². The van der Waals surface area contributed by atoms with E-state index in [1.54, 1.807) is 7.11 Å². The van der Waals surface area contributed by atoms with Crippen molar-refractivity contribution in [3.05, 3.63) is 0 Å². The molecule has 0 aromatic heterocycles. The highest BCUT2D eigenvalue weighted by atomic mass is 32.2. The second-order valence-corrected chi connectivity index (χ2v) is 4.94. The van der Waals surface area contributed by atoms with Gasteiger partial charge >= 0.3 is 0 Å². The smallest absolute Gasteiger partial charge is 0.211 e. The van der Waals surface area contributed by atoms with Gasteiger partial charge in [-0.3, -0.25) is 0 Å². The van der Waals surface area contributed by atoms with Crippen molar-refractivity contribution in [3.63, 3.8) is 0 Å². The van der Waals surface area contributed by atoms with Crippen molar-refractivity contribution >= 4 is 10.0 Å². The van der Waals surface area contributed by atoms with Crippen LogP contribution in [-0.4, -0.2) is 48.0 Å². The molecule has 0 aromatic rings. The molecule has 0 rings (SSSR count). The van der Waals surface area contributed by atoms with Crippen molar-refractivity contribution in [3.8, 4) is 0 Å². The maximum Gasteiger partial charge on any atom is 0.211 e. The monoisotopic (exact) mass is 224 g/mol. The maximum atomic E-state index is 11.3. The minimum Gasteiger partial charge on any atom is -0.383 e. The van der Waals surface area contributed by atoms with Crippen LogP contribution in [-0.2, 0) is 14.8 Å². The van der Waals surface area contributed by atoms with Gasteiger partial charge in [0, 0.05) is 13.7 Å². The first-order chi connectivity index (χ1) is 6.62. The summed E-state index contributed by atoms with van der Waals surface area (Å²) in [6.45, 7) is 1.62. The van der Waals surface area contributed by atoms with E-state index in [4.69, 9.17) is 4.74 Å². The number of methoxy groups -OCH3 is 1. The van der Waals surface area contributed by atoms with Crippen molar-refractivity contribution < 1.29 is 13.2 Å². The minimum atomic E-state index is -3.09. The molecule has 0 aliphatic heterocycles. The number of hydrogen-bond acceptors (Lipinski definition) is 4. The molecule has 0 bridgehead atoms. The van der Waals surface area contributed by atoms with Crippen LogP contribution in [0.15, 0.2) is 0 Å². The first-order valence-electron chi connectivity index (χ1n) is 4.73. The number of unbranched alkanes of at least 4 members (excludes halogenated alkanes) is 1. The number of hydrogen-bond donors (Lipinski definition) is 2. The summed E-state index contributed by atoms with van der Waals surface area (Å²) in [4.78, 5) is 0. The minimum absolute atomic E-state index is 0.193. The average Bonchev–Trinajstić information content (AvgIpc) is 2.13. The Morgan fingerprint density at radius 2 is 1.93 bits per heavy atom. The Morgan fingerprint density at radius 3 is 2.50 bits per heavy atom. The summed E-state index contributed by atoms with van der Waals surface area (Å²) < 4.78 is 29.8. The van der Waals surface area contributed by atoms with Gasteiger partial charge in [-0.1, -0.05) is 0 Å².